The minimum Gasteiger partial charge on any atom is -0.508 e. The van der Waals surface area contributed by atoms with Gasteiger partial charge >= 0.3 is 0 Å². The van der Waals surface area contributed by atoms with Gasteiger partial charge in [0.15, 0.2) is 0 Å². The van der Waals surface area contributed by atoms with Crippen LogP contribution in [0.25, 0.3) is 0 Å². The number of hydrogen-bond acceptors (Lipinski definition) is 4. The average Bonchev–Trinajstić information content (AvgIpc) is 2.29. The third-order valence-corrected chi connectivity index (χ3v) is 3.45. The van der Waals surface area contributed by atoms with Crippen LogP contribution in [0.3, 0.4) is 0 Å². The molecule has 1 heterocycles. The summed E-state index contributed by atoms with van der Waals surface area (Å²) >= 11 is 0. The van der Waals surface area contributed by atoms with Crippen LogP contribution in [0.2, 0.25) is 0 Å². The lowest BCUT2D eigenvalue weighted by molar-refractivity contribution is 0.465. The zero-order valence-electron chi connectivity index (χ0n) is 9.78. The highest BCUT2D eigenvalue weighted by atomic mass is 32.2. The molecule has 2 N–H and O–H groups in total. The summed E-state index contributed by atoms with van der Waals surface area (Å²) in [6, 6.07) is 5.31. The van der Waals surface area contributed by atoms with Crippen molar-refractivity contribution in [3.8, 4) is 5.75 Å². The molecule has 0 spiro atoms. The molecule has 0 radical (unpaired) electrons. The van der Waals surface area contributed by atoms with Gasteiger partial charge in [-0.1, -0.05) is 12.1 Å². The number of fused-ring (bicyclic) bond motifs is 1. The predicted molar refractivity (Wildman–Crippen MR) is 69.3 cm³/mol. The van der Waals surface area contributed by atoms with E-state index in [1.165, 1.54) is 6.08 Å². The highest BCUT2D eigenvalue weighted by Gasteiger charge is 2.18. The quantitative estimate of drug-likeness (QED) is 0.814. The highest BCUT2D eigenvalue weighted by molar-refractivity contribution is 7.88. The molecule has 0 aliphatic carbocycles. The van der Waals surface area contributed by atoms with Crippen molar-refractivity contribution < 1.29 is 18.1 Å². The second-order valence-corrected chi connectivity index (χ2v) is 5.51. The molecule has 1 aliphatic heterocycles. The second-order valence-electron chi connectivity index (χ2n) is 4.21. The number of aromatic hydroxyl groups is 1. The molecule has 0 unspecified atom stereocenters. The summed E-state index contributed by atoms with van der Waals surface area (Å²) < 4.78 is 29.8. The van der Waals surface area contributed by atoms with Crippen LogP contribution >= 0.6 is 0 Å². The summed E-state index contributed by atoms with van der Waals surface area (Å²) in [6.07, 6.45) is 3.12. The lowest BCUT2D eigenvalue weighted by Gasteiger charge is -2.30. The third-order valence-electron chi connectivity index (χ3n) is 2.92. The number of benzene rings is 1. The van der Waals surface area contributed by atoms with E-state index in [1.54, 1.807) is 12.1 Å². The molecule has 18 heavy (non-hydrogen) atoms. The first kappa shape index (κ1) is 12.9. The van der Waals surface area contributed by atoms with E-state index in [1.807, 2.05) is 11.0 Å². The molecule has 1 aromatic rings. The van der Waals surface area contributed by atoms with Gasteiger partial charge in [0.25, 0.3) is 10.1 Å². The molecule has 0 saturated carbocycles. The molecule has 0 saturated heterocycles. The van der Waals surface area contributed by atoms with Crippen LogP contribution in [0.4, 0.5) is 5.69 Å². The molecule has 1 aliphatic rings. The Morgan fingerprint density at radius 1 is 1.39 bits per heavy atom. The Morgan fingerprint density at radius 2 is 2.17 bits per heavy atom. The first-order valence-corrected chi connectivity index (χ1v) is 7.17. The monoisotopic (exact) mass is 269 g/mol. The molecular weight excluding hydrogens is 254 g/mol. The van der Waals surface area contributed by atoms with Gasteiger partial charge in [-0.2, -0.15) is 8.42 Å². The van der Waals surface area contributed by atoms with E-state index in [9.17, 15) is 13.5 Å². The van der Waals surface area contributed by atoms with Gasteiger partial charge in [-0.25, -0.2) is 0 Å². The molecule has 1 aromatic carbocycles. The van der Waals surface area contributed by atoms with Crippen LogP contribution in [-0.4, -0.2) is 31.2 Å². The lowest BCUT2D eigenvalue weighted by Crippen LogP contribution is -2.29. The number of nitrogens with zero attached hydrogens (tertiary/aromatic N) is 1. The second kappa shape index (κ2) is 4.99. The Hall–Kier alpha value is -1.53. The van der Waals surface area contributed by atoms with E-state index < -0.39 is 10.1 Å². The fourth-order valence-electron chi connectivity index (χ4n) is 2.16. The first-order valence-electron chi connectivity index (χ1n) is 5.67. The van der Waals surface area contributed by atoms with Crippen molar-refractivity contribution >= 4 is 15.8 Å². The largest absolute Gasteiger partial charge is 0.508 e. The maximum absolute atomic E-state index is 10.6. The van der Waals surface area contributed by atoms with Gasteiger partial charge in [0.1, 0.15) is 5.75 Å². The molecule has 5 nitrogen and oxygen atoms in total. The Balaban J connectivity index is 2.18. The van der Waals surface area contributed by atoms with Crippen LogP contribution in [0.15, 0.2) is 29.7 Å². The van der Waals surface area contributed by atoms with Gasteiger partial charge in [-0.05, 0) is 25.0 Å². The van der Waals surface area contributed by atoms with E-state index in [-0.39, 0.29) is 5.75 Å². The summed E-state index contributed by atoms with van der Waals surface area (Å²) in [6.45, 7) is 1.18. The van der Waals surface area contributed by atoms with Gasteiger partial charge in [0, 0.05) is 24.3 Å². The molecule has 98 valence electrons. The zero-order valence-corrected chi connectivity index (χ0v) is 10.6. The smallest absolute Gasteiger partial charge is 0.287 e. The van der Waals surface area contributed by atoms with Crippen molar-refractivity contribution in [1.29, 1.82) is 0 Å². The van der Waals surface area contributed by atoms with Crippen LogP contribution in [0, 0.1) is 0 Å². The third kappa shape index (κ3) is 3.02. The Morgan fingerprint density at radius 3 is 2.89 bits per heavy atom. The number of phenolic OH excluding ortho intramolecular Hbond substituents is 1. The standard InChI is InChI=1S/C12H15NO4S/c14-12-6-1-5-11-10(12)4-2-7-13(11)8-3-9-18(15,16)17/h1,3,5-6,9,14H,2,4,7-8H2,(H,15,16,17). The van der Waals surface area contributed by atoms with Crippen molar-refractivity contribution in [1.82, 2.24) is 0 Å². The minimum atomic E-state index is -4.07. The van der Waals surface area contributed by atoms with Crippen LogP contribution in [0.1, 0.15) is 12.0 Å². The van der Waals surface area contributed by atoms with Crippen molar-refractivity contribution in [2.75, 3.05) is 18.0 Å². The van der Waals surface area contributed by atoms with Gasteiger partial charge in [-0.3, -0.25) is 4.55 Å². The van der Waals surface area contributed by atoms with Gasteiger partial charge < -0.3 is 10.0 Å². The Labute approximate surface area is 106 Å². The normalized spacial score (nSPS) is 15.9. The Bertz CT molecular complexity index is 565. The van der Waals surface area contributed by atoms with Crippen molar-refractivity contribution in [3.63, 3.8) is 0 Å². The highest BCUT2D eigenvalue weighted by Crippen LogP contribution is 2.33. The maximum atomic E-state index is 10.6. The lowest BCUT2D eigenvalue weighted by atomic mass is 10.0. The summed E-state index contributed by atoms with van der Waals surface area (Å²) in [4.78, 5) is 1.97. The topological polar surface area (TPSA) is 77.8 Å². The minimum absolute atomic E-state index is 0.274. The number of phenols is 1. The fraction of sp³-hybridized carbons (Fsp3) is 0.333. The van der Waals surface area contributed by atoms with Crippen molar-refractivity contribution in [3.05, 3.63) is 35.2 Å². The van der Waals surface area contributed by atoms with E-state index in [0.717, 1.165) is 36.0 Å². The van der Waals surface area contributed by atoms with Gasteiger partial charge in [0.05, 0.1) is 5.41 Å². The SMILES string of the molecule is O=S(=O)(O)C=CCN1CCCc2c(O)cccc21. The molecule has 0 aromatic heterocycles. The van der Waals surface area contributed by atoms with Crippen LogP contribution in [-0.2, 0) is 16.5 Å². The maximum Gasteiger partial charge on any atom is 0.287 e. The van der Waals surface area contributed by atoms with E-state index in [2.05, 4.69) is 0 Å². The first-order chi connectivity index (χ1) is 8.47. The number of hydrogen-bond donors (Lipinski definition) is 2. The van der Waals surface area contributed by atoms with Crippen LogP contribution < -0.4 is 4.90 Å². The van der Waals surface area contributed by atoms with Gasteiger partial charge in [0.2, 0.25) is 0 Å². The molecular formula is C12H15NO4S. The molecule has 0 fully saturated rings. The van der Waals surface area contributed by atoms with Crippen LogP contribution in [0.5, 0.6) is 5.75 Å². The molecule has 2 rings (SSSR count). The fourth-order valence-corrected chi connectivity index (χ4v) is 2.49. The van der Waals surface area contributed by atoms with Gasteiger partial charge in [-0.15, -0.1) is 0 Å². The molecule has 0 atom stereocenters. The molecule has 0 amide bonds. The Kier molecular flexibility index (Phi) is 3.58. The van der Waals surface area contributed by atoms with E-state index >= 15 is 0 Å². The summed E-state index contributed by atoms with van der Waals surface area (Å²) in [7, 11) is -4.07. The average molecular weight is 269 g/mol. The molecule has 0 bridgehead atoms. The molecule has 6 heteroatoms. The number of anilines is 1. The van der Waals surface area contributed by atoms with E-state index in [0.29, 0.717) is 6.54 Å². The number of rotatable bonds is 3. The summed E-state index contributed by atoms with van der Waals surface area (Å²) in [5.74, 6) is 0.274. The van der Waals surface area contributed by atoms with Crippen molar-refractivity contribution in [2.45, 2.75) is 12.8 Å². The van der Waals surface area contributed by atoms with E-state index in [4.69, 9.17) is 4.55 Å². The predicted octanol–water partition coefficient (Wildman–Crippen LogP) is 1.55. The summed E-state index contributed by atoms with van der Waals surface area (Å²) in [5, 5.41) is 10.5. The van der Waals surface area contributed by atoms with Crippen molar-refractivity contribution in [2.24, 2.45) is 0 Å². The summed E-state index contributed by atoms with van der Waals surface area (Å²) in [5.41, 5.74) is 1.81. The zero-order chi connectivity index (χ0) is 13.2.